The standard InChI is InChI=1S/C11H12ClO/c12-11-7-5-10(6-8-11)4-2-1-3-9-13/h2,4-8H,1,3,9H2. The van der Waals surface area contributed by atoms with E-state index in [2.05, 4.69) is 0 Å². The summed E-state index contributed by atoms with van der Waals surface area (Å²) in [4.78, 5) is 0. The van der Waals surface area contributed by atoms with Crippen LogP contribution < -0.4 is 0 Å². The molecule has 2 heteroatoms. The summed E-state index contributed by atoms with van der Waals surface area (Å²) in [5, 5.41) is 10.9. The van der Waals surface area contributed by atoms with Crippen LogP contribution in [-0.2, 0) is 5.11 Å². The van der Waals surface area contributed by atoms with Crippen molar-refractivity contribution in [3.63, 3.8) is 0 Å². The highest BCUT2D eigenvalue weighted by molar-refractivity contribution is 6.30. The van der Waals surface area contributed by atoms with E-state index in [-0.39, 0.29) is 6.61 Å². The Bertz CT molecular complexity index is 264. The molecule has 69 valence electrons. The second kappa shape index (κ2) is 5.79. The van der Waals surface area contributed by atoms with Gasteiger partial charge in [0.1, 0.15) is 0 Å². The molecule has 0 fully saturated rings. The van der Waals surface area contributed by atoms with E-state index in [1.165, 1.54) is 0 Å². The smallest absolute Gasteiger partial charge is 0.0825 e. The van der Waals surface area contributed by atoms with Gasteiger partial charge in [0.05, 0.1) is 6.61 Å². The monoisotopic (exact) mass is 195 g/mol. The maximum absolute atomic E-state index is 10.1. The molecule has 0 heterocycles. The van der Waals surface area contributed by atoms with Crippen LogP contribution in [0.25, 0.3) is 6.08 Å². The van der Waals surface area contributed by atoms with E-state index in [1.54, 1.807) is 0 Å². The normalized spacial score (nSPS) is 10.9. The molecule has 0 aromatic heterocycles. The van der Waals surface area contributed by atoms with Crippen molar-refractivity contribution < 1.29 is 5.11 Å². The van der Waals surface area contributed by atoms with Crippen LogP contribution in [-0.4, -0.2) is 6.61 Å². The summed E-state index contributed by atoms with van der Waals surface area (Å²) in [6, 6.07) is 7.62. The van der Waals surface area contributed by atoms with Crippen molar-refractivity contribution in [2.45, 2.75) is 12.8 Å². The molecule has 1 nitrogen and oxygen atoms in total. The first-order valence-electron chi connectivity index (χ1n) is 4.33. The molecule has 13 heavy (non-hydrogen) atoms. The summed E-state index contributed by atoms with van der Waals surface area (Å²) >= 11 is 5.73. The van der Waals surface area contributed by atoms with Crippen LogP contribution in [0.4, 0.5) is 0 Å². The zero-order valence-electron chi connectivity index (χ0n) is 7.37. The first kappa shape index (κ1) is 10.3. The Morgan fingerprint density at radius 1 is 1.23 bits per heavy atom. The number of allylic oxidation sites excluding steroid dienone is 1. The first-order chi connectivity index (χ1) is 6.33. The number of hydrogen-bond acceptors (Lipinski definition) is 0. The highest BCUT2D eigenvalue weighted by Crippen LogP contribution is 2.10. The molecule has 1 radical (unpaired) electrons. The van der Waals surface area contributed by atoms with Crippen molar-refractivity contribution in [3.8, 4) is 0 Å². The van der Waals surface area contributed by atoms with Crippen LogP contribution in [0.5, 0.6) is 0 Å². The molecule has 1 rings (SSSR count). The van der Waals surface area contributed by atoms with E-state index in [0.717, 1.165) is 17.0 Å². The van der Waals surface area contributed by atoms with Gasteiger partial charge < -0.3 is 0 Å². The topological polar surface area (TPSA) is 19.9 Å². The Morgan fingerprint density at radius 2 is 1.92 bits per heavy atom. The summed E-state index contributed by atoms with van der Waals surface area (Å²) in [5.74, 6) is 0. The minimum absolute atomic E-state index is 0.00492. The Labute approximate surface area is 83.7 Å². The van der Waals surface area contributed by atoms with Gasteiger partial charge >= 0.3 is 0 Å². The van der Waals surface area contributed by atoms with Gasteiger partial charge in [0.15, 0.2) is 0 Å². The van der Waals surface area contributed by atoms with Gasteiger partial charge in [-0.25, -0.2) is 5.11 Å². The summed E-state index contributed by atoms with van der Waals surface area (Å²) in [5.41, 5.74) is 1.12. The second-order valence-corrected chi connectivity index (χ2v) is 3.24. The molecular formula is C11H12ClO. The number of hydrogen-bond donors (Lipinski definition) is 0. The molecular weight excluding hydrogens is 184 g/mol. The largest absolute Gasteiger partial charge is 0.237 e. The van der Waals surface area contributed by atoms with Crippen LogP contribution in [0.15, 0.2) is 30.3 Å². The Balaban J connectivity index is 2.44. The lowest BCUT2D eigenvalue weighted by atomic mass is 10.2. The Morgan fingerprint density at radius 3 is 2.54 bits per heavy atom. The molecule has 0 aliphatic rings. The Kier molecular flexibility index (Phi) is 4.58. The van der Waals surface area contributed by atoms with Gasteiger partial charge in [0.25, 0.3) is 0 Å². The third-order valence-corrected chi connectivity index (χ3v) is 1.95. The molecule has 1 aromatic rings. The van der Waals surface area contributed by atoms with Crippen molar-refractivity contribution in [1.82, 2.24) is 0 Å². The molecule has 0 atom stereocenters. The fourth-order valence-corrected chi connectivity index (χ4v) is 1.12. The number of halogens is 1. The molecule has 0 bridgehead atoms. The first-order valence-corrected chi connectivity index (χ1v) is 4.71. The highest BCUT2D eigenvalue weighted by Gasteiger charge is 1.87. The van der Waals surface area contributed by atoms with E-state index < -0.39 is 0 Å². The molecule has 0 saturated heterocycles. The molecule has 0 spiro atoms. The molecule has 0 unspecified atom stereocenters. The predicted octanol–water partition coefficient (Wildman–Crippen LogP) is 3.56. The van der Waals surface area contributed by atoms with E-state index in [0.29, 0.717) is 6.42 Å². The third-order valence-electron chi connectivity index (χ3n) is 1.70. The van der Waals surface area contributed by atoms with Crippen LogP contribution in [0.1, 0.15) is 18.4 Å². The fourth-order valence-electron chi connectivity index (χ4n) is 0.994. The van der Waals surface area contributed by atoms with E-state index in [1.807, 2.05) is 36.4 Å². The minimum atomic E-state index is 0.00492. The number of benzene rings is 1. The Hall–Kier alpha value is -0.790. The average molecular weight is 196 g/mol. The fraction of sp³-hybridized carbons (Fsp3) is 0.273. The van der Waals surface area contributed by atoms with Gasteiger partial charge in [-0.1, -0.05) is 35.9 Å². The van der Waals surface area contributed by atoms with Crippen molar-refractivity contribution in [1.29, 1.82) is 0 Å². The molecule has 1 aromatic carbocycles. The van der Waals surface area contributed by atoms with Crippen molar-refractivity contribution >= 4 is 17.7 Å². The van der Waals surface area contributed by atoms with Gasteiger partial charge in [-0.3, -0.25) is 0 Å². The maximum atomic E-state index is 10.1. The van der Waals surface area contributed by atoms with Crippen molar-refractivity contribution in [2.75, 3.05) is 6.61 Å². The average Bonchev–Trinajstić information content (AvgIpc) is 2.15. The van der Waals surface area contributed by atoms with Crippen molar-refractivity contribution in [2.24, 2.45) is 0 Å². The molecule has 0 aliphatic carbocycles. The van der Waals surface area contributed by atoms with E-state index >= 15 is 0 Å². The van der Waals surface area contributed by atoms with Crippen molar-refractivity contribution in [3.05, 3.63) is 40.9 Å². The lowest BCUT2D eigenvalue weighted by molar-refractivity contribution is 0.190. The zero-order valence-corrected chi connectivity index (χ0v) is 8.13. The summed E-state index contributed by atoms with van der Waals surface area (Å²) in [6.07, 6.45) is 5.59. The molecule has 0 amide bonds. The predicted molar refractivity (Wildman–Crippen MR) is 55.3 cm³/mol. The second-order valence-electron chi connectivity index (χ2n) is 2.80. The SMILES string of the molecule is [O]CCCC=Cc1ccc(Cl)cc1. The quantitative estimate of drug-likeness (QED) is 0.655. The maximum Gasteiger partial charge on any atom is 0.0825 e. The lowest BCUT2D eigenvalue weighted by Gasteiger charge is -1.93. The summed E-state index contributed by atoms with van der Waals surface area (Å²) in [6.45, 7) is 0.00492. The third kappa shape index (κ3) is 4.11. The van der Waals surface area contributed by atoms with E-state index in [4.69, 9.17) is 11.6 Å². The van der Waals surface area contributed by atoms with Crippen LogP contribution in [0.2, 0.25) is 5.02 Å². The number of rotatable bonds is 4. The summed E-state index contributed by atoms with van der Waals surface area (Å²) in [7, 11) is 0. The van der Waals surface area contributed by atoms with Crippen LogP contribution in [0.3, 0.4) is 0 Å². The molecule has 0 N–H and O–H groups in total. The van der Waals surface area contributed by atoms with Gasteiger partial charge in [-0.15, -0.1) is 0 Å². The van der Waals surface area contributed by atoms with Gasteiger partial charge in [0, 0.05) is 5.02 Å². The van der Waals surface area contributed by atoms with Crippen LogP contribution in [0, 0.1) is 0 Å². The minimum Gasteiger partial charge on any atom is -0.237 e. The lowest BCUT2D eigenvalue weighted by Crippen LogP contribution is -1.76. The summed E-state index contributed by atoms with van der Waals surface area (Å²) < 4.78 is 0. The van der Waals surface area contributed by atoms with Gasteiger partial charge in [0.2, 0.25) is 0 Å². The molecule has 0 aliphatic heterocycles. The highest BCUT2D eigenvalue weighted by atomic mass is 35.5. The van der Waals surface area contributed by atoms with E-state index in [9.17, 15) is 5.11 Å². The van der Waals surface area contributed by atoms with Crippen LogP contribution >= 0.6 is 11.6 Å². The zero-order chi connectivity index (χ0) is 9.52. The van der Waals surface area contributed by atoms with Gasteiger partial charge in [-0.2, -0.15) is 0 Å². The molecule has 0 saturated carbocycles. The number of unbranched alkanes of at least 4 members (excludes halogenated alkanes) is 1. The van der Waals surface area contributed by atoms with Gasteiger partial charge in [-0.05, 0) is 30.5 Å².